The highest BCUT2D eigenvalue weighted by Gasteiger charge is 2.10. The van der Waals surface area contributed by atoms with Crippen molar-refractivity contribution < 1.29 is 13.2 Å². The maximum absolute atomic E-state index is 11.7. The first kappa shape index (κ1) is 15.9. The van der Waals surface area contributed by atoms with Crippen molar-refractivity contribution in [3.8, 4) is 5.88 Å². The number of aromatic nitrogens is 1. The predicted octanol–water partition coefficient (Wildman–Crippen LogP) is 0.508. The van der Waals surface area contributed by atoms with Gasteiger partial charge in [0.15, 0.2) is 0 Å². The van der Waals surface area contributed by atoms with Gasteiger partial charge in [0, 0.05) is 31.4 Å². The Bertz CT molecular complexity index is 489. The highest BCUT2D eigenvalue weighted by molar-refractivity contribution is 7.89. The van der Waals surface area contributed by atoms with Gasteiger partial charge in [-0.05, 0) is 11.6 Å². The van der Waals surface area contributed by atoms with E-state index in [4.69, 9.17) is 4.74 Å². The highest BCUT2D eigenvalue weighted by atomic mass is 32.2. The Hall–Kier alpha value is -1.18. The maximum Gasteiger partial charge on any atom is 0.213 e. The molecule has 1 aromatic rings. The van der Waals surface area contributed by atoms with Crippen LogP contribution in [0.3, 0.4) is 0 Å². The SMILES string of the molecule is COc1cc(CNS(=O)(=O)CCNC(C)C)ccn1. The molecule has 0 saturated carbocycles. The molecule has 0 saturated heterocycles. The average Bonchev–Trinajstić information content (AvgIpc) is 2.36. The Kier molecular flexibility index (Phi) is 6.20. The fourth-order valence-corrected chi connectivity index (χ4v) is 2.34. The molecule has 0 aliphatic rings. The zero-order valence-electron chi connectivity index (χ0n) is 11.5. The molecule has 0 atom stereocenters. The normalized spacial score (nSPS) is 11.8. The second-order valence-electron chi connectivity index (χ2n) is 4.46. The van der Waals surface area contributed by atoms with E-state index in [2.05, 4.69) is 15.0 Å². The second kappa shape index (κ2) is 7.42. The van der Waals surface area contributed by atoms with Gasteiger partial charge >= 0.3 is 0 Å². The quantitative estimate of drug-likeness (QED) is 0.728. The molecule has 2 N–H and O–H groups in total. The van der Waals surface area contributed by atoms with Gasteiger partial charge in [0.1, 0.15) is 0 Å². The van der Waals surface area contributed by atoms with Crippen LogP contribution < -0.4 is 14.8 Å². The Balaban J connectivity index is 2.45. The number of nitrogens with zero attached hydrogens (tertiary/aromatic N) is 1. The van der Waals surface area contributed by atoms with Gasteiger partial charge in [0.05, 0.1) is 12.9 Å². The van der Waals surface area contributed by atoms with E-state index < -0.39 is 10.0 Å². The molecule has 19 heavy (non-hydrogen) atoms. The molecule has 0 aromatic carbocycles. The zero-order chi connectivity index (χ0) is 14.3. The zero-order valence-corrected chi connectivity index (χ0v) is 12.3. The van der Waals surface area contributed by atoms with Gasteiger partial charge in [0.25, 0.3) is 0 Å². The number of rotatable bonds is 8. The Morgan fingerprint density at radius 1 is 1.42 bits per heavy atom. The van der Waals surface area contributed by atoms with Crippen LogP contribution in [-0.4, -0.2) is 38.9 Å². The van der Waals surface area contributed by atoms with Crippen molar-refractivity contribution in [2.75, 3.05) is 19.4 Å². The fourth-order valence-electron chi connectivity index (χ4n) is 1.42. The lowest BCUT2D eigenvalue weighted by atomic mass is 10.3. The van der Waals surface area contributed by atoms with E-state index in [-0.39, 0.29) is 18.3 Å². The third kappa shape index (κ3) is 6.51. The van der Waals surface area contributed by atoms with E-state index in [9.17, 15) is 8.42 Å². The summed E-state index contributed by atoms with van der Waals surface area (Å²) in [5.74, 6) is 0.533. The summed E-state index contributed by atoms with van der Waals surface area (Å²) in [5.41, 5.74) is 0.812. The number of pyridine rings is 1. The average molecular weight is 287 g/mol. The van der Waals surface area contributed by atoms with Crippen molar-refractivity contribution >= 4 is 10.0 Å². The molecule has 1 aromatic heterocycles. The number of hydrogen-bond acceptors (Lipinski definition) is 5. The Morgan fingerprint density at radius 3 is 2.79 bits per heavy atom. The first-order chi connectivity index (χ1) is 8.93. The first-order valence-corrected chi connectivity index (χ1v) is 7.78. The van der Waals surface area contributed by atoms with Crippen LogP contribution in [0.4, 0.5) is 0 Å². The summed E-state index contributed by atoms with van der Waals surface area (Å²) >= 11 is 0. The topological polar surface area (TPSA) is 80.3 Å². The summed E-state index contributed by atoms with van der Waals surface area (Å²) in [6, 6.07) is 3.73. The highest BCUT2D eigenvalue weighted by Crippen LogP contribution is 2.08. The van der Waals surface area contributed by atoms with Crippen LogP contribution in [0.2, 0.25) is 0 Å². The van der Waals surface area contributed by atoms with Crippen LogP contribution >= 0.6 is 0 Å². The van der Waals surface area contributed by atoms with Gasteiger partial charge in [-0.25, -0.2) is 18.1 Å². The lowest BCUT2D eigenvalue weighted by molar-refractivity contribution is 0.397. The van der Waals surface area contributed by atoms with Crippen LogP contribution in [0.25, 0.3) is 0 Å². The lowest BCUT2D eigenvalue weighted by Crippen LogP contribution is -2.34. The van der Waals surface area contributed by atoms with Crippen molar-refractivity contribution in [3.05, 3.63) is 23.9 Å². The molecule has 0 amide bonds. The number of nitrogens with one attached hydrogen (secondary N) is 2. The van der Waals surface area contributed by atoms with Gasteiger partial charge in [-0.2, -0.15) is 0 Å². The van der Waals surface area contributed by atoms with E-state index >= 15 is 0 Å². The molecule has 7 heteroatoms. The molecule has 6 nitrogen and oxygen atoms in total. The van der Waals surface area contributed by atoms with Crippen molar-refractivity contribution in [2.45, 2.75) is 26.4 Å². The minimum Gasteiger partial charge on any atom is -0.481 e. The molecule has 0 radical (unpaired) electrons. The van der Waals surface area contributed by atoms with Crippen LogP contribution in [-0.2, 0) is 16.6 Å². The summed E-state index contributed by atoms with van der Waals surface area (Å²) in [4.78, 5) is 3.96. The molecule has 108 valence electrons. The third-order valence-electron chi connectivity index (χ3n) is 2.43. The molecule has 1 heterocycles. The van der Waals surface area contributed by atoms with Crippen LogP contribution in [0, 0.1) is 0 Å². The summed E-state index contributed by atoms with van der Waals surface area (Å²) in [7, 11) is -1.75. The lowest BCUT2D eigenvalue weighted by Gasteiger charge is -2.10. The minimum absolute atomic E-state index is 0.0629. The molecule has 1 rings (SSSR count). The van der Waals surface area contributed by atoms with Gasteiger partial charge < -0.3 is 10.1 Å². The monoisotopic (exact) mass is 287 g/mol. The maximum atomic E-state index is 11.7. The number of sulfonamides is 1. The molecule has 0 unspecified atom stereocenters. The van der Waals surface area contributed by atoms with Crippen molar-refractivity contribution in [1.29, 1.82) is 0 Å². The van der Waals surface area contributed by atoms with Crippen molar-refractivity contribution in [2.24, 2.45) is 0 Å². The summed E-state index contributed by atoms with van der Waals surface area (Å²) < 4.78 is 31.0. The smallest absolute Gasteiger partial charge is 0.213 e. The van der Waals surface area contributed by atoms with Crippen molar-refractivity contribution in [3.63, 3.8) is 0 Å². The second-order valence-corrected chi connectivity index (χ2v) is 6.38. The molecule has 0 fully saturated rings. The summed E-state index contributed by atoms with van der Waals surface area (Å²) in [6.07, 6.45) is 1.59. The molecular formula is C12H21N3O3S. The number of ether oxygens (including phenoxy) is 1. The third-order valence-corrected chi connectivity index (χ3v) is 3.75. The number of methoxy groups -OCH3 is 1. The standard InChI is InChI=1S/C12H21N3O3S/c1-10(2)13-6-7-19(16,17)15-9-11-4-5-14-12(8-11)18-3/h4-5,8,10,13,15H,6-7,9H2,1-3H3. The van der Waals surface area contributed by atoms with E-state index in [1.807, 2.05) is 13.8 Å². The van der Waals surface area contributed by atoms with E-state index in [0.29, 0.717) is 12.4 Å². The van der Waals surface area contributed by atoms with Crippen LogP contribution in [0.15, 0.2) is 18.3 Å². The molecule has 0 aliphatic heterocycles. The largest absolute Gasteiger partial charge is 0.481 e. The molecule has 0 spiro atoms. The molecular weight excluding hydrogens is 266 g/mol. The van der Waals surface area contributed by atoms with Gasteiger partial charge in [-0.3, -0.25) is 0 Å². The molecule has 0 aliphatic carbocycles. The van der Waals surface area contributed by atoms with E-state index in [0.717, 1.165) is 5.56 Å². The first-order valence-electron chi connectivity index (χ1n) is 6.12. The fraction of sp³-hybridized carbons (Fsp3) is 0.583. The Morgan fingerprint density at radius 2 is 2.16 bits per heavy atom. The Labute approximate surface area is 114 Å². The summed E-state index contributed by atoms with van der Waals surface area (Å²) in [6.45, 7) is 4.63. The summed E-state index contributed by atoms with van der Waals surface area (Å²) in [5, 5.41) is 3.07. The van der Waals surface area contributed by atoms with Gasteiger partial charge in [0.2, 0.25) is 15.9 Å². The predicted molar refractivity (Wildman–Crippen MR) is 74.6 cm³/mol. The van der Waals surface area contributed by atoms with Gasteiger partial charge in [-0.15, -0.1) is 0 Å². The van der Waals surface area contributed by atoms with E-state index in [1.165, 1.54) is 7.11 Å². The molecule has 0 bridgehead atoms. The van der Waals surface area contributed by atoms with Gasteiger partial charge in [-0.1, -0.05) is 13.8 Å². The minimum atomic E-state index is -3.27. The van der Waals surface area contributed by atoms with E-state index in [1.54, 1.807) is 18.3 Å². The van der Waals surface area contributed by atoms with Crippen LogP contribution in [0.1, 0.15) is 19.4 Å². The van der Waals surface area contributed by atoms with Crippen LogP contribution in [0.5, 0.6) is 5.88 Å². The van der Waals surface area contributed by atoms with Crippen molar-refractivity contribution in [1.82, 2.24) is 15.0 Å². The number of hydrogen-bond donors (Lipinski definition) is 2.